The predicted octanol–water partition coefficient (Wildman–Crippen LogP) is 2.13. The first-order valence-electron chi connectivity index (χ1n) is 5.02. The van der Waals surface area contributed by atoms with Gasteiger partial charge in [-0.15, -0.1) is 0 Å². The Balaban J connectivity index is 3.08. The molecule has 86 valence electrons. The van der Waals surface area contributed by atoms with Crippen LogP contribution in [-0.2, 0) is 11.2 Å². The van der Waals surface area contributed by atoms with Crippen LogP contribution >= 0.6 is 0 Å². The average molecular weight is 222 g/mol. The van der Waals surface area contributed by atoms with E-state index in [0.29, 0.717) is 29.7 Å². The second-order valence-corrected chi connectivity index (χ2v) is 3.82. The van der Waals surface area contributed by atoms with Gasteiger partial charge in [-0.1, -0.05) is 0 Å². The standard InChI is InChI=1S/C11H14N2O3/c1-7-6-12-10(5-4-8(2)14)9(3)11(7)13(15)16/h6H,4-5H2,1-3H3. The van der Waals surface area contributed by atoms with Gasteiger partial charge in [-0.05, 0) is 27.2 Å². The molecule has 16 heavy (non-hydrogen) atoms. The Hall–Kier alpha value is -1.78. The summed E-state index contributed by atoms with van der Waals surface area (Å²) in [5, 5.41) is 10.8. The maximum Gasteiger partial charge on any atom is 0.278 e. The number of ketones is 1. The molecule has 1 heterocycles. The van der Waals surface area contributed by atoms with Gasteiger partial charge in [-0.3, -0.25) is 15.1 Å². The molecule has 0 fully saturated rings. The molecule has 1 aromatic heterocycles. The summed E-state index contributed by atoms with van der Waals surface area (Å²) < 4.78 is 0. The van der Waals surface area contributed by atoms with Crippen molar-refractivity contribution in [3.8, 4) is 0 Å². The van der Waals surface area contributed by atoms with Crippen molar-refractivity contribution in [3.63, 3.8) is 0 Å². The van der Waals surface area contributed by atoms with Crippen LogP contribution in [0.2, 0.25) is 0 Å². The minimum absolute atomic E-state index is 0.0597. The summed E-state index contributed by atoms with van der Waals surface area (Å²) in [6, 6.07) is 0. The lowest BCUT2D eigenvalue weighted by atomic mass is 10.1. The summed E-state index contributed by atoms with van der Waals surface area (Å²) >= 11 is 0. The fourth-order valence-electron chi connectivity index (χ4n) is 1.59. The Morgan fingerprint density at radius 3 is 2.62 bits per heavy atom. The minimum Gasteiger partial charge on any atom is -0.300 e. The Morgan fingerprint density at radius 2 is 2.12 bits per heavy atom. The van der Waals surface area contributed by atoms with Gasteiger partial charge in [0.05, 0.1) is 10.6 Å². The summed E-state index contributed by atoms with van der Waals surface area (Å²) in [5.74, 6) is 0.0597. The maximum atomic E-state index is 10.9. The SMILES string of the molecule is CC(=O)CCc1ncc(C)c([N+](=O)[O-])c1C. The number of carbonyl (C=O) groups is 1. The largest absolute Gasteiger partial charge is 0.300 e. The number of Topliss-reactive ketones (excluding diaryl/α,β-unsaturated/α-hetero) is 1. The number of nitro groups is 1. The molecule has 0 aliphatic heterocycles. The fraction of sp³-hybridized carbons (Fsp3) is 0.455. The van der Waals surface area contributed by atoms with Crippen LogP contribution in [0.15, 0.2) is 6.20 Å². The Bertz CT molecular complexity index is 441. The van der Waals surface area contributed by atoms with E-state index in [1.807, 2.05) is 0 Å². The van der Waals surface area contributed by atoms with Crippen LogP contribution in [0, 0.1) is 24.0 Å². The smallest absolute Gasteiger partial charge is 0.278 e. The zero-order chi connectivity index (χ0) is 12.3. The van der Waals surface area contributed by atoms with Gasteiger partial charge in [0.15, 0.2) is 0 Å². The second-order valence-electron chi connectivity index (χ2n) is 3.82. The Kier molecular flexibility index (Phi) is 3.71. The van der Waals surface area contributed by atoms with E-state index >= 15 is 0 Å². The zero-order valence-corrected chi connectivity index (χ0v) is 9.61. The van der Waals surface area contributed by atoms with E-state index in [2.05, 4.69) is 4.98 Å². The summed E-state index contributed by atoms with van der Waals surface area (Å²) in [4.78, 5) is 25.4. The van der Waals surface area contributed by atoms with Gasteiger partial charge < -0.3 is 4.79 Å². The van der Waals surface area contributed by atoms with E-state index in [0.717, 1.165) is 0 Å². The molecule has 5 heteroatoms. The van der Waals surface area contributed by atoms with Crippen molar-refractivity contribution >= 4 is 11.5 Å². The van der Waals surface area contributed by atoms with E-state index < -0.39 is 4.92 Å². The summed E-state index contributed by atoms with van der Waals surface area (Å²) in [6.45, 7) is 4.83. The van der Waals surface area contributed by atoms with Crippen LogP contribution in [0.25, 0.3) is 0 Å². The number of aromatic nitrogens is 1. The van der Waals surface area contributed by atoms with Crippen molar-refractivity contribution in [3.05, 3.63) is 33.1 Å². The Labute approximate surface area is 93.7 Å². The molecule has 0 unspecified atom stereocenters. The van der Waals surface area contributed by atoms with Gasteiger partial charge in [0.2, 0.25) is 0 Å². The number of hydrogen-bond acceptors (Lipinski definition) is 4. The first kappa shape index (κ1) is 12.3. The van der Waals surface area contributed by atoms with Crippen molar-refractivity contribution in [2.45, 2.75) is 33.6 Å². The number of rotatable bonds is 4. The topological polar surface area (TPSA) is 73.1 Å². The van der Waals surface area contributed by atoms with E-state index in [1.54, 1.807) is 13.8 Å². The van der Waals surface area contributed by atoms with Crippen LogP contribution in [-0.4, -0.2) is 15.7 Å². The molecule has 0 amide bonds. The van der Waals surface area contributed by atoms with Crippen LogP contribution < -0.4 is 0 Å². The van der Waals surface area contributed by atoms with Crippen molar-refractivity contribution < 1.29 is 9.72 Å². The maximum absolute atomic E-state index is 10.9. The average Bonchev–Trinajstić information content (AvgIpc) is 2.15. The molecule has 0 bridgehead atoms. The van der Waals surface area contributed by atoms with Crippen LogP contribution in [0.5, 0.6) is 0 Å². The van der Waals surface area contributed by atoms with Crippen molar-refractivity contribution in [1.29, 1.82) is 0 Å². The minimum atomic E-state index is -0.399. The third-order valence-corrected chi connectivity index (χ3v) is 2.47. The highest BCUT2D eigenvalue weighted by Crippen LogP contribution is 2.24. The third-order valence-electron chi connectivity index (χ3n) is 2.47. The summed E-state index contributed by atoms with van der Waals surface area (Å²) in [6.07, 6.45) is 2.32. The first-order chi connectivity index (χ1) is 7.43. The van der Waals surface area contributed by atoms with Gasteiger partial charge >= 0.3 is 0 Å². The number of hydrogen-bond donors (Lipinski definition) is 0. The number of carbonyl (C=O) groups excluding carboxylic acids is 1. The fourth-order valence-corrected chi connectivity index (χ4v) is 1.59. The Morgan fingerprint density at radius 1 is 1.50 bits per heavy atom. The predicted molar refractivity (Wildman–Crippen MR) is 59.4 cm³/mol. The highest BCUT2D eigenvalue weighted by molar-refractivity contribution is 5.75. The number of pyridine rings is 1. The molecule has 0 atom stereocenters. The monoisotopic (exact) mass is 222 g/mol. The van der Waals surface area contributed by atoms with Crippen LogP contribution in [0.1, 0.15) is 30.2 Å². The second kappa shape index (κ2) is 4.83. The lowest BCUT2D eigenvalue weighted by Gasteiger charge is -2.06. The van der Waals surface area contributed by atoms with Crippen LogP contribution in [0.4, 0.5) is 5.69 Å². The normalized spacial score (nSPS) is 10.2. The van der Waals surface area contributed by atoms with Gasteiger partial charge in [0.1, 0.15) is 5.78 Å². The quantitative estimate of drug-likeness (QED) is 0.577. The van der Waals surface area contributed by atoms with E-state index in [9.17, 15) is 14.9 Å². The number of aryl methyl sites for hydroxylation is 2. The van der Waals surface area contributed by atoms with Gasteiger partial charge in [0.25, 0.3) is 5.69 Å². The van der Waals surface area contributed by atoms with E-state index in [-0.39, 0.29) is 11.5 Å². The van der Waals surface area contributed by atoms with Gasteiger partial charge in [-0.2, -0.15) is 0 Å². The molecule has 0 spiro atoms. The van der Waals surface area contributed by atoms with Crippen molar-refractivity contribution in [2.75, 3.05) is 0 Å². The number of nitrogens with zero attached hydrogens (tertiary/aromatic N) is 2. The summed E-state index contributed by atoms with van der Waals surface area (Å²) in [5.41, 5.74) is 1.85. The third kappa shape index (κ3) is 2.62. The van der Waals surface area contributed by atoms with Gasteiger partial charge in [0, 0.05) is 23.7 Å². The molecule has 0 aliphatic rings. The molecular formula is C11H14N2O3. The molecule has 0 radical (unpaired) electrons. The molecular weight excluding hydrogens is 208 g/mol. The zero-order valence-electron chi connectivity index (χ0n) is 9.61. The van der Waals surface area contributed by atoms with Crippen molar-refractivity contribution in [1.82, 2.24) is 4.98 Å². The van der Waals surface area contributed by atoms with Crippen LogP contribution in [0.3, 0.4) is 0 Å². The lowest BCUT2D eigenvalue weighted by molar-refractivity contribution is -0.386. The molecule has 0 aromatic carbocycles. The van der Waals surface area contributed by atoms with E-state index in [1.165, 1.54) is 13.1 Å². The first-order valence-corrected chi connectivity index (χ1v) is 5.02. The van der Waals surface area contributed by atoms with Crippen molar-refractivity contribution in [2.24, 2.45) is 0 Å². The molecule has 1 aromatic rings. The molecule has 0 saturated carbocycles. The van der Waals surface area contributed by atoms with Gasteiger partial charge in [-0.25, -0.2) is 0 Å². The highest BCUT2D eigenvalue weighted by atomic mass is 16.6. The van der Waals surface area contributed by atoms with E-state index in [4.69, 9.17) is 0 Å². The highest BCUT2D eigenvalue weighted by Gasteiger charge is 2.18. The molecule has 0 aliphatic carbocycles. The molecule has 1 rings (SSSR count). The molecule has 0 saturated heterocycles. The summed E-state index contributed by atoms with van der Waals surface area (Å²) in [7, 11) is 0. The lowest BCUT2D eigenvalue weighted by Crippen LogP contribution is -2.04. The molecule has 0 N–H and O–H groups in total. The molecule has 5 nitrogen and oxygen atoms in total.